The molecule has 0 bridgehead atoms. The van der Waals surface area contributed by atoms with Crippen molar-refractivity contribution in [3.8, 4) is 0 Å². The Morgan fingerprint density at radius 3 is 3.00 bits per heavy atom. The van der Waals surface area contributed by atoms with E-state index in [2.05, 4.69) is 24.2 Å². The zero-order valence-corrected chi connectivity index (χ0v) is 8.99. The van der Waals surface area contributed by atoms with Crippen LogP contribution in [0.3, 0.4) is 0 Å². The van der Waals surface area contributed by atoms with Crippen LogP contribution in [0.4, 0.5) is 0 Å². The summed E-state index contributed by atoms with van der Waals surface area (Å²) in [4.78, 5) is 12.7. The molecule has 0 spiro atoms. The summed E-state index contributed by atoms with van der Waals surface area (Å²) in [6.45, 7) is 4.39. The van der Waals surface area contributed by atoms with Crippen LogP contribution in [0, 0.1) is 5.92 Å². The third-order valence-electron chi connectivity index (χ3n) is 2.94. The largest absolute Gasteiger partial charge is 0.480 e. The Hall–Kier alpha value is -0.610. The minimum absolute atomic E-state index is 0.0708. The molecule has 4 nitrogen and oxygen atoms in total. The Morgan fingerprint density at radius 2 is 2.43 bits per heavy atom. The first kappa shape index (κ1) is 11.5. The van der Waals surface area contributed by atoms with E-state index in [9.17, 15) is 4.79 Å². The zero-order chi connectivity index (χ0) is 10.6. The van der Waals surface area contributed by atoms with Crippen LogP contribution in [0.5, 0.6) is 0 Å². The fraction of sp³-hybridized carbons (Fsp3) is 0.900. The molecule has 0 aromatic carbocycles. The van der Waals surface area contributed by atoms with Gasteiger partial charge < -0.3 is 15.3 Å². The first-order chi connectivity index (χ1) is 6.59. The smallest absolute Gasteiger partial charge is 0.317 e. The molecule has 1 rings (SSSR count). The Balaban J connectivity index is 2.28. The number of rotatable bonds is 4. The molecule has 1 aliphatic rings. The molecule has 0 amide bonds. The van der Waals surface area contributed by atoms with Crippen molar-refractivity contribution in [2.75, 3.05) is 26.7 Å². The molecule has 1 fully saturated rings. The normalized spacial score (nSPS) is 26.0. The van der Waals surface area contributed by atoms with Gasteiger partial charge in [-0.3, -0.25) is 4.79 Å². The van der Waals surface area contributed by atoms with Gasteiger partial charge >= 0.3 is 5.97 Å². The molecule has 2 unspecified atom stereocenters. The van der Waals surface area contributed by atoms with Crippen molar-refractivity contribution in [3.05, 3.63) is 0 Å². The number of aliphatic carboxylic acids is 1. The summed E-state index contributed by atoms with van der Waals surface area (Å²) in [7, 11) is 2.12. The summed E-state index contributed by atoms with van der Waals surface area (Å²) in [5, 5.41) is 11.6. The second-order valence-corrected chi connectivity index (χ2v) is 4.23. The molecule has 14 heavy (non-hydrogen) atoms. The van der Waals surface area contributed by atoms with Gasteiger partial charge in [0.05, 0.1) is 6.54 Å². The van der Waals surface area contributed by atoms with Crippen LogP contribution in [0.2, 0.25) is 0 Å². The quantitative estimate of drug-likeness (QED) is 0.689. The van der Waals surface area contributed by atoms with Crippen LogP contribution in [-0.2, 0) is 4.79 Å². The molecule has 0 aromatic heterocycles. The second-order valence-electron chi connectivity index (χ2n) is 4.23. The predicted octanol–water partition coefficient (Wildman–Crippen LogP) is 0.391. The maximum atomic E-state index is 10.4. The monoisotopic (exact) mass is 200 g/mol. The molecule has 1 saturated heterocycles. The van der Waals surface area contributed by atoms with Gasteiger partial charge in [-0.1, -0.05) is 0 Å². The molecule has 82 valence electrons. The highest BCUT2D eigenvalue weighted by Gasteiger charge is 2.22. The van der Waals surface area contributed by atoms with Gasteiger partial charge in [-0.25, -0.2) is 0 Å². The van der Waals surface area contributed by atoms with E-state index in [4.69, 9.17) is 5.11 Å². The fourth-order valence-corrected chi connectivity index (χ4v) is 2.03. The predicted molar refractivity (Wildman–Crippen MR) is 55.3 cm³/mol. The van der Waals surface area contributed by atoms with Crippen molar-refractivity contribution in [2.24, 2.45) is 5.92 Å². The van der Waals surface area contributed by atoms with Gasteiger partial charge in [-0.15, -0.1) is 0 Å². The van der Waals surface area contributed by atoms with Crippen molar-refractivity contribution in [1.29, 1.82) is 0 Å². The number of nitrogens with zero attached hydrogens (tertiary/aromatic N) is 1. The molecule has 4 heteroatoms. The van der Waals surface area contributed by atoms with Gasteiger partial charge in [0.15, 0.2) is 0 Å². The first-order valence-corrected chi connectivity index (χ1v) is 5.23. The third kappa shape index (κ3) is 3.64. The van der Waals surface area contributed by atoms with Crippen LogP contribution >= 0.6 is 0 Å². The molecule has 0 radical (unpaired) electrons. The molecule has 2 atom stereocenters. The topological polar surface area (TPSA) is 52.6 Å². The van der Waals surface area contributed by atoms with Gasteiger partial charge in [0.25, 0.3) is 0 Å². The maximum absolute atomic E-state index is 10.4. The van der Waals surface area contributed by atoms with Crippen LogP contribution < -0.4 is 5.32 Å². The Kier molecular flexibility index (Phi) is 4.35. The Bertz CT molecular complexity index is 197. The number of piperidine rings is 1. The lowest BCUT2D eigenvalue weighted by atomic mass is 9.92. The van der Waals surface area contributed by atoms with Gasteiger partial charge in [-0.05, 0) is 39.3 Å². The molecule has 1 aliphatic heterocycles. The standard InChI is InChI=1S/C10H20N2O2/c1-8(11-6-10(13)14)9-4-3-5-12(2)7-9/h8-9,11H,3-7H2,1-2H3,(H,13,14). The number of carbonyl (C=O) groups is 1. The zero-order valence-electron chi connectivity index (χ0n) is 8.99. The Morgan fingerprint density at radius 1 is 1.71 bits per heavy atom. The Labute approximate surface area is 85.3 Å². The van der Waals surface area contributed by atoms with Gasteiger partial charge in [0.2, 0.25) is 0 Å². The van der Waals surface area contributed by atoms with Crippen molar-refractivity contribution in [1.82, 2.24) is 10.2 Å². The number of likely N-dealkylation sites (tertiary alicyclic amines) is 1. The number of carboxylic acid groups (broad SMARTS) is 1. The lowest BCUT2D eigenvalue weighted by Crippen LogP contribution is -2.44. The summed E-state index contributed by atoms with van der Waals surface area (Å²) >= 11 is 0. The molecule has 1 heterocycles. The van der Waals surface area contributed by atoms with E-state index in [1.165, 1.54) is 19.4 Å². The van der Waals surface area contributed by atoms with Crippen molar-refractivity contribution < 1.29 is 9.90 Å². The average Bonchev–Trinajstić information content (AvgIpc) is 2.14. The summed E-state index contributed by atoms with van der Waals surface area (Å²) in [5.74, 6) is -0.186. The van der Waals surface area contributed by atoms with Crippen LogP contribution in [0.25, 0.3) is 0 Å². The minimum atomic E-state index is -0.777. The molecule has 2 N–H and O–H groups in total. The summed E-state index contributed by atoms with van der Waals surface area (Å²) in [5.41, 5.74) is 0. The lowest BCUT2D eigenvalue weighted by molar-refractivity contribution is -0.136. The summed E-state index contributed by atoms with van der Waals surface area (Å²) < 4.78 is 0. The van der Waals surface area contributed by atoms with E-state index in [0.717, 1.165) is 6.54 Å². The third-order valence-corrected chi connectivity index (χ3v) is 2.94. The lowest BCUT2D eigenvalue weighted by Gasteiger charge is -2.33. The SMILES string of the molecule is CC(NCC(=O)O)C1CCCN(C)C1. The molecule has 0 aliphatic carbocycles. The summed E-state index contributed by atoms with van der Waals surface area (Å²) in [6.07, 6.45) is 2.43. The van der Waals surface area contributed by atoms with Gasteiger partial charge in [0.1, 0.15) is 0 Å². The highest BCUT2D eigenvalue weighted by molar-refractivity contribution is 5.69. The number of carboxylic acids is 1. The highest BCUT2D eigenvalue weighted by Crippen LogP contribution is 2.18. The van der Waals surface area contributed by atoms with Crippen LogP contribution in [-0.4, -0.2) is 48.7 Å². The average molecular weight is 200 g/mol. The van der Waals surface area contributed by atoms with Gasteiger partial charge in [-0.2, -0.15) is 0 Å². The fourth-order valence-electron chi connectivity index (χ4n) is 2.03. The second kappa shape index (κ2) is 5.32. The van der Waals surface area contributed by atoms with E-state index in [0.29, 0.717) is 12.0 Å². The molecule has 0 saturated carbocycles. The number of hydrogen-bond acceptors (Lipinski definition) is 3. The van der Waals surface area contributed by atoms with E-state index >= 15 is 0 Å². The minimum Gasteiger partial charge on any atom is -0.480 e. The van der Waals surface area contributed by atoms with E-state index in [1.807, 2.05) is 0 Å². The number of nitrogens with one attached hydrogen (secondary N) is 1. The molecular formula is C10H20N2O2. The maximum Gasteiger partial charge on any atom is 0.317 e. The first-order valence-electron chi connectivity index (χ1n) is 5.23. The van der Waals surface area contributed by atoms with E-state index in [-0.39, 0.29) is 6.54 Å². The van der Waals surface area contributed by atoms with Crippen LogP contribution in [0.15, 0.2) is 0 Å². The highest BCUT2D eigenvalue weighted by atomic mass is 16.4. The van der Waals surface area contributed by atoms with Crippen molar-refractivity contribution in [2.45, 2.75) is 25.8 Å². The molecular weight excluding hydrogens is 180 g/mol. The molecule has 0 aromatic rings. The van der Waals surface area contributed by atoms with Crippen molar-refractivity contribution >= 4 is 5.97 Å². The van der Waals surface area contributed by atoms with E-state index < -0.39 is 5.97 Å². The van der Waals surface area contributed by atoms with Crippen LogP contribution in [0.1, 0.15) is 19.8 Å². The number of hydrogen-bond donors (Lipinski definition) is 2. The summed E-state index contributed by atoms with van der Waals surface area (Å²) in [6, 6.07) is 0.300. The van der Waals surface area contributed by atoms with Crippen molar-refractivity contribution in [3.63, 3.8) is 0 Å². The van der Waals surface area contributed by atoms with Gasteiger partial charge in [0, 0.05) is 12.6 Å². The van der Waals surface area contributed by atoms with E-state index in [1.54, 1.807) is 0 Å².